The highest BCUT2D eigenvalue weighted by molar-refractivity contribution is 5.75. The van der Waals surface area contributed by atoms with Gasteiger partial charge in [0.1, 0.15) is 30.5 Å². The number of hydrogen-bond acceptors (Lipinski definition) is 9. The van der Waals surface area contributed by atoms with Gasteiger partial charge in [-0.25, -0.2) is 0 Å². The Hall–Kier alpha value is -0.850. The number of aliphatic hydroxyl groups is 6. The van der Waals surface area contributed by atoms with Crippen LogP contribution >= 0.6 is 0 Å². The topological polar surface area (TPSA) is 169 Å². The smallest absolute Gasteiger partial charge is 0.220 e. The predicted molar refractivity (Wildman–Crippen MR) is 98.1 cm³/mol. The molecule has 0 aromatic heterocycles. The first-order chi connectivity index (χ1) is 13.3. The van der Waals surface area contributed by atoms with E-state index in [0.29, 0.717) is 6.42 Å². The zero-order valence-corrected chi connectivity index (χ0v) is 16.5. The van der Waals surface area contributed by atoms with Crippen LogP contribution in [-0.4, -0.2) is 98.7 Å². The lowest BCUT2D eigenvalue weighted by molar-refractivity contribution is -0.303. The Balaban J connectivity index is 2.73. The molecule has 1 saturated heterocycles. The van der Waals surface area contributed by atoms with E-state index in [1.807, 2.05) is 6.92 Å². The van der Waals surface area contributed by atoms with E-state index in [2.05, 4.69) is 5.32 Å². The molecule has 1 amide bonds. The molecule has 0 spiro atoms. The summed E-state index contributed by atoms with van der Waals surface area (Å²) in [6.07, 6.45) is -6.50. The maximum Gasteiger partial charge on any atom is 0.220 e. The maximum atomic E-state index is 11.8. The SMILES string of the molecule is CCCCC[C@@H](O)[C@@H](O)[C@H](COC1OC(CO)C(O)C(O)C1O)NC(=O)CC. The van der Waals surface area contributed by atoms with Gasteiger partial charge in [-0.05, 0) is 6.42 Å². The van der Waals surface area contributed by atoms with Gasteiger partial charge in [0.15, 0.2) is 6.29 Å². The first-order valence-corrected chi connectivity index (χ1v) is 9.84. The van der Waals surface area contributed by atoms with Crippen LogP contribution in [0.1, 0.15) is 46.0 Å². The van der Waals surface area contributed by atoms with Crippen molar-refractivity contribution in [3.05, 3.63) is 0 Å². The van der Waals surface area contributed by atoms with Gasteiger partial charge in [0, 0.05) is 6.42 Å². The fourth-order valence-electron chi connectivity index (χ4n) is 2.98. The minimum absolute atomic E-state index is 0.162. The summed E-state index contributed by atoms with van der Waals surface area (Å²) in [7, 11) is 0. The molecule has 0 saturated carbocycles. The molecule has 1 fully saturated rings. The van der Waals surface area contributed by atoms with Crippen LogP contribution in [0.15, 0.2) is 0 Å². The van der Waals surface area contributed by atoms with E-state index < -0.39 is 55.6 Å². The van der Waals surface area contributed by atoms with Gasteiger partial charge >= 0.3 is 0 Å². The summed E-state index contributed by atoms with van der Waals surface area (Å²) in [5, 5.41) is 62.0. The van der Waals surface area contributed by atoms with Gasteiger partial charge in [-0.2, -0.15) is 0 Å². The van der Waals surface area contributed by atoms with Gasteiger partial charge in [-0.15, -0.1) is 0 Å². The van der Waals surface area contributed by atoms with Gasteiger partial charge < -0.3 is 45.4 Å². The maximum absolute atomic E-state index is 11.8. The molecule has 0 aromatic carbocycles. The zero-order valence-electron chi connectivity index (χ0n) is 16.5. The zero-order chi connectivity index (χ0) is 21.3. The molecule has 0 bridgehead atoms. The van der Waals surface area contributed by atoms with Crippen LogP contribution in [0.4, 0.5) is 0 Å². The molecular formula is C18H35NO9. The molecule has 1 rings (SSSR count). The average Bonchev–Trinajstić information content (AvgIpc) is 2.69. The van der Waals surface area contributed by atoms with Crippen LogP contribution < -0.4 is 5.32 Å². The van der Waals surface area contributed by atoms with Crippen molar-refractivity contribution in [1.29, 1.82) is 0 Å². The van der Waals surface area contributed by atoms with Crippen molar-refractivity contribution in [2.24, 2.45) is 0 Å². The van der Waals surface area contributed by atoms with Gasteiger partial charge in [0.05, 0.1) is 25.4 Å². The Morgan fingerprint density at radius 2 is 1.79 bits per heavy atom. The Morgan fingerprint density at radius 3 is 2.36 bits per heavy atom. The number of rotatable bonds is 12. The molecule has 7 N–H and O–H groups in total. The Kier molecular flexibility index (Phi) is 11.4. The largest absolute Gasteiger partial charge is 0.394 e. The summed E-state index contributed by atoms with van der Waals surface area (Å²) in [4.78, 5) is 11.8. The quantitative estimate of drug-likeness (QED) is 0.180. The van der Waals surface area contributed by atoms with Crippen LogP contribution in [0.25, 0.3) is 0 Å². The van der Waals surface area contributed by atoms with Crippen LogP contribution in [-0.2, 0) is 14.3 Å². The molecule has 10 heteroatoms. The number of hydrogen-bond donors (Lipinski definition) is 7. The molecule has 166 valence electrons. The summed E-state index contributed by atoms with van der Waals surface area (Å²) in [6, 6.07) is -0.976. The molecule has 0 radical (unpaired) electrons. The number of carbonyl (C=O) groups excluding carboxylic acids is 1. The Morgan fingerprint density at radius 1 is 1.11 bits per heavy atom. The van der Waals surface area contributed by atoms with E-state index in [1.165, 1.54) is 0 Å². The lowest BCUT2D eigenvalue weighted by atomic mass is 9.99. The second-order valence-electron chi connectivity index (χ2n) is 7.11. The number of aliphatic hydroxyl groups excluding tert-OH is 6. The van der Waals surface area contributed by atoms with E-state index in [4.69, 9.17) is 9.47 Å². The lowest BCUT2D eigenvalue weighted by Gasteiger charge is -2.40. The molecule has 1 heterocycles. The fraction of sp³-hybridized carbons (Fsp3) is 0.944. The van der Waals surface area contributed by atoms with Gasteiger partial charge in [0.25, 0.3) is 0 Å². The Bertz CT molecular complexity index is 451. The van der Waals surface area contributed by atoms with Crippen molar-refractivity contribution in [3.8, 4) is 0 Å². The predicted octanol–water partition coefficient (Wildman–Crippen LogP) is -2.00. The second kappa shape index (κ2) is 12.7. The van der Waals surface area contributed by atoms with E-state index in [9.17, 15) is 35.4 Å². The van der Waals surface area contributed by atoms with Gasteiger partial charge in [0.2, 0.25) is 5.91 Å². The molecule has 0 aliphatic carbocycles. The van der Waals surface area contributed by atoms with Crippen LogP contribution in [0, 0.1) is 0 Å². The van der Waals surface area contributed by atoms with E-state index in [-0.39, 0.29) is 18.9 Å². The summed E-state index contributed by atoms with van der Waals surface area (Å²) in [5.74, 6) is -0.359. The molecule has 1 aliphatic heterocycles. The van der Waals surface area contributed by atoms with Crippen molar-refractivity contribution in [2.75, 3.05) is 13.2 Å². The normalized spacial score (nSPS) is 31.2. The lowest BCUT2D eigenvalue weighted by Crippen LogP contribution is -2.60. The standard InChI is InChI=1S/C18H35NO9/c1-3-5-6-7-11(21)14(23)10(19-13(22)4-2)9-27-18-17(26)16(25)15(24)12(8-20)28-18/h10-12,14-18,20-21,23-26H,3-9H2,1-2H3,(H,19,22)/t10-,11+,12?,14-,15?,16?,17?,18?/m0/s1. The molecule has 8 atom stereocenters. The molecule has 10 nitrogen and oxygen atoms in total. The first kappa shape index (κ1) is 25.2. The highest BCUT2D eigenvalue weighted by Gasteiger charge is 2.44. The number of ether oxygens (including phenoxy) is 2. The minimum atomic E-state index is -1.59. The molecule has 0 aromatic rings. The molecule has 1 aliphatic rings. The van der Waals surface area contributed by atoms with Crippen LogP contribution in [0.5, 0.6) is 0 Å². The van der Waals surface area contributed by atoms with E-state index in [0.717, 1.165) is 19.3 Å². The van der Waals surface area contributed by atoms with Gasteiger partial charge in [-0.1, -0.05) is 33.1 Å². The van der Waals surface area contributed by atoms with Crippen molar-refractivity contribution in [3.63, 3.8) is 0 Å². The number of carbonyl (C=O) groups is 1. The molecule has 28 heavy (non-hydrogen) atoms. The summed E-state index contributed by atoms with van der Waals surface area (Å²) >= 11 is 0. The van der Waals surface area contributed by atoms with Crippen LogP contribution in [0.2, 0.25) is 0 Å². The third-order valence-corrected chi connectivity index (χ3v) is 4.87. The summed E-state index contributed by atoms with van der Waals surface area (Å²) in [5.41, 5.74) is 0. The summed E-state index contributed by atoms with van der Waals surface area (Å²) < 4.78 is 10.7. The first-order valence-electron chi connectivity index (χ1n) is 9.84. The fourth-order valence-corrected chi connectivity index (χ4v) is 2.98. The molecular weight excluding hydrogens is 374 g/mol. The second-order valence-corrected chi connectivity index (χ2v) is 7.11. The van der Waals surface area contributed by atoms with Crippen molar-refractivity contribution >= 4 is 5.91 Å². The highest BCUT2D eigenvalue weighted by atomic mass is 16.7. The van der Waals surface area contributed by atoms with E-state index >= 15 is 0 Å². The van der Waals surface area contributed by atoms with Crippen LogP contribution in [0.3, 0.4) is 0 Å². The summed E-state index contributed by atoms with van der Waals surface area (Å²) in [6.45, 7) is 2.73. The Labute approximate surface area is 165 Å². The number of unbranched alkanes of at least 4 members (excludes halogenated alkanes) is 2. The molecule has 5 unspecified atom stereocenters. The average molecular weight is 409 g/mol. The highest BCUT2D eigenvalue weighted by Crippen LogP contribution is 2.22. The third kappa shape index (κ3) is 7.20. The monoisotopic (exact) mass is 409 g/mol. The van der Waals surface area contributed by atoms with E-state index in [1.54, 1.807) is 6.92 Å². The minimum Gasteiger partial charge on any atom is -0.394 e. The number of nitrogens with one attached hydrogen (secondary N) is 1. The van der Waals surface area contributed by atoms with Crippen molar-refractivity contribution in [1.82, 2.24) is 5.32 Å². The van der Waals surface area contributed by atoms with Crippen molar-refractivity contribution in [2.45, 2.75) is 94.9 Å². The van der Waals surface area contributed by atoms with Gasteiger partial charge in [-0.3, -0.25) is 4.79 Å². The third-order valence-electron chi connectivity index (χ3n) is 4.87. The van der Waals surface area contributed by atoms with Crippen molar-refractivity contribution < 1.29 is 44.9 Å². The number of amides is 1.